The molecule has 0 bridgehead atoms. The molecule has 88 valence electrons. The summed E-state index contributed by atoms with van der Waals surface area (Å²) in [6, 6.07) is 3.57. The van der Waals surface area contributed by atoms with Gasteiger partial charge in [-0.25, -0.2) is 0 Å². The van der Waals surface area contributed by atoms with Crippen molar-refractivity contribution < 1.29 is 9.21 Å². The van der Waals surface area contributed by atoms with Gasteiger partial charge < -0.3 is 15.1 Å². The summed E-state index contributed by atoms with van der Waals surface area (Å²) in [6.45, 7) is 4.01. The first-order chi connectivity index (χ1) is 7.66. The Kier molecular flexibility index (Phi) is 3.66. The predicted octanol–water partition coefficient (Wildman–Crippen LogP) is 1.77. The number of nitrogens with one attached hydrogen (secondary N) is 2. The average Bonchev–Trinajstić information content (AvgIpc) is 2.68. The lowest BCUT2D eigenvalue weighted by Crippen LogP contribution is -2.50. The number of hydrogen-bond donors (Lipinski definition) is 2. The molecule has 16 heavy (non-hydrogen) atoms. The molecule has 0 radical (unpaired) electrons. The highest BCUT2D eigenvalue weighted by Gasteiger charge is 2.23. The van der Waals surface area contributed by atoms with Gasteiger partial charge in [0.05, 0.1) is 0 Å². The first kappa shape index (κ1) is 11.7. The molecule has 1 aromatic heterocycles. The molecule has 1 fully saturated rings. The average molecular weight is 287 g/mol. The highest BCUT2D eigenvalue weighted by Crippen LogP contribution is 2.16. The molecule has 1 aliphatic rings. The van der Waals surface area contributed by atoms with Gasteiger partial charge in [-0.3, -0.25) is 4.79 Å². The minimum Gasteiger partial charge on any atom is -0.444 e. The maximum atomic E-state index is 11.8. The summed E-state index contributed by atoms with van der Waals surface area (Å²) in [5, 5.41) is 6.25. The number of amides is 1. The molecule has 2 N–H and O–H groups in total. The Balaban J connectivity index is 1.96. The molecule has 5 heteroatoms. The molecule has 1 saturated heterocycles. The highest BCUT2D eigenvalue weighted by molar-refractivity contribution is 9.10. The van der Waals surface area contributed by atoms with Crippen molar-refractivity contribution in [2.75, 3.05) is 13.1 Å². The van der Waals surface area contributed by atoms with Crippen molar-refractivity contribution in [1.29, 1.82) is 0 Å². The van der Waals surface area contributed by atoms with Crippen molar-refractivity contribution in [3.05, 3.63) is 22.6 Å². The van der Waals surface area contributed by atoms with E-state index in [0.29, 0.717) is 16.3 Å². The van der Waals surface area contributed by atoms with E-state index in [1.165, 1.54) is 0 Å². The van der Waals surface area contributed by atoms with Gasteiger partial charge >= 0.3 is 0 Å². The van der Waals surface area contributed by atoms with Crippen LogP contribution in [0.25, 0.3) is 0 Å². The highest BCUT2D eigenvalue weighted by atomic mass is 79.9. The zero-order chi connectivity index (χ0) is 11.5. The Hall–Kier alpha value is -0.810. The van der Waals surface area contributed by atoms with Crippen molar-refractivity contribution >= 4 is 21.8 Å². The minimum atomic E-state index is -0.147. The second-order valence-electron chi connectivity index (χ2n) is 4.15. The van der Waals surface area contributed by atoms with E-state index in [0.717, 1.165) is 19.5 Å². The summed E-state index contributed by atoms with van der Waals surface area (Å²) in [7, 11) is 0. The van der Waals surface area contributed by atoms with Crippen LogP contribution in [0.2, 0.25) is 0 Å². The molecule has 2 rings (SSSR count). The number of halogens is 1. The molecule has 0 spiro atoms. The molecule has 2 heterocycles. The largest absolute Gasteiger partial charge is 0.444 e. The second kappa shape index (κ2) is 5.01. The molecular formula is C11H15BrN2O2. The van der Waals surface area contributed by atoms with Gasteiger partial charge in [0.2, 0.25) is 0 Å². The van der Waals surface area contributed by atoms with Crippen molar-refractivity contribution in [3.63, 3.8) is 0 Å². The van der Waals surface area contributed by atoms with Gasteiger partial charge in [-0.05, 0) is 46.9 Å². The van der Waals surface area contributed by atoms with Crippen LogP contribution in [0.1, 0.15) is 23.9 Å². The van der Waals surface area contributed by atoms with Crippen LogP contribution in [0.5, 0.6) is 0 Å². The molecule has 0 aliphatic carbocycles. The predicted molar refractivity (Wildman–Crippen MR) is 64.3 cm³/mol. The van der Waals surface area contributed by atoms with Gasteiger partial charge in [0.1, 0.15) is 0 Å². The molecule has 1 amide bonds. The molecule has 4 nitrogen and oxygen atoms in total. The number of carbonyl (C=O) groups is 1. The first-order valence-electron chi connectivity index (χ1n) is 5.44. The minimum absolute atomic E-state index is 0.147. The number of furan rings is 1. The van der Waals surface area contributed by atoms with Gasteiger partial charge in [0.25, 0.3) is 5.91 Å². The number of hydrogen-bond acceptors (Lipinski definition) is 3. The van der Waals surface area contributed by atoms with E-state index in [1.807, 2.05) is 0 Å². The van der Waals surface area contributed by atoms with E-state index in [4.69, 9.17) is 4.42 Å². The number of rotatable bonds is 2. The van der Waals surface area contributed by atoms with Crippen LogP contribution in [0.4, 0.5) is 0 Å². The fourth-order valence-corrected chi connectivity index (χ4v) is 2.17. The maximum absolute atomic E-state index is 11.8. The Morgan fingerprint density at radius 1 is 1.62 bits per heavy atom. The quantitative estimate of drug-likeness (QED) is 0.871. The van der Waals surface area contributed by atoms with Crippen molar-refractivity contribution in [2.24, 2.45) is 5.92 Å². The smallest absolute Gasteiger partial charge is 0.287 e. The van der Waals surface area contributed by atoms with E-state index >= 15 is 0 Å². The molecule has 2 unspecified atom stereocenters. The second-order valence-corrected chi connectivity index (χ2v) is 4.94. The summed E-state index contributed by atoms with van der Waals surface area (Å²) < 4.78 is 5.78. The van der Waals surface area contributed by atoms with E-state index < -0.39 is 0 Å². The Bertz CT molecular complexity index is 378. The number of carbonyl (C=O) groups excluding carboxylic acids is 1. The van der Waals surface area contributed by atoms with Gasteiger partial charge in [-0.1, -0.05) is 6.92 Å². The van der Waals surface area contributed by atoms with Crippen LogP contribution in [-0.4, -0.2) is 25.0 Å². The standard InChI is InChI=1S/C11H15BrN2O2/c1-7-4-5-13-6-8(7)14-11(15)9-2-3-10(12)16-9/h2-3,7-8,13H,4-6H2,1H3,(H,14,15). The summed E-state index contributed by atoms with van der Waals surface area (Å²) in [5.74, 6) is 0.708. The SMILES string of the molecule is CC1CCNCC1NC(=O)c1ccc(Br)o1. The number of piperidine rings is 1. The van der Waals surface area contributed by atoms with Crippen LogP contribution in [0, 0.1) is 5.92 Å². The lowest BCUT2D eigenvalue weighted by molar-refractivity contribution is 0.0885. The van der Waals surface area contributed by atoms with Crippen LogP contribution >= 0.6 is 15.9 Å². The van der Waals surface area contributed by atoms with E-state index in [-0.39, 0.29) is 11.9 Å². The third-order valence-corrected chi connectivity index (χ3v) is 3.37. The fraction of sp³-hybridized carbons (Fsp3) is 0.545. The Labute approximate surface area is 103 Å². The van der Waals surface area contributed by atoms with E-state index in [1.54, 1.807) is 12.1 Å². The van der Waals surface area contributed by atoms with Crippen LogP contribution in [0.3, 0.4) is 0 Å². The lowest BCUT2D eigenvalue weighted by Gasteiger charge is -2.29. The topological polar surface area (TPSA) is 54.3 Å². The first-order valence-corrected chi connectivity index (χ1v) is 6.23. The Morgan fingerprint density at radius 2 is 2.44 bits per heavy atom. The normalized spacial score (nSPS) is 25.4. The lowest BCUT2D eigenvalue weighted by atomic mass is 9.95. The summed E-state index contributed by atoms with van der Waals surface area (Å²) in [4.78, 5) is 11.8. The molecule has 2 atom stereocenters. The van der Waals surface area contributed by atoms with Gasteiger partial charge in [-0.15, -0.1) is 0 Å². The van der Waals surface area contributed by atoms with E-state index in [2.05, 4.69) is 33.5 Å². The molecule has 1 aromatic rings. The fourth-order valence-electron chi connectivity index (χ4n) is 1.86. The maximum Gasteiger partial charge on any atom is 0.287 e. The third kappa shape index (κ3) is 2.65. The van der Waals surface area contributed by atoms with Crippen molar-refractivity contribution in [1.82, 2.24) is 10.6 Å². The van der Waals surface area contributed by atoms with Crippen molar-refractivity contribution in [3.8, 4) is 0 Å². The third-order valence-electron chi connectivity index (χ3n) is 2.94. The van der Waals surface area contributed by atoms with E-state index in [9.17, 15) is 4.79 Å². The summed E-state index contributed by atoms with van der Waals surface area (Å²) >= 11 is 3.18. The van der Waals surface area contributed by atoms with Crippen molar-refractivity contribution in [2.45, 2.75) is 19.4 Å². The molecule has 1 aliphatic heterocycles. The van der Waals surface area contributed by atoms with Gasteiger partial charge in [0.15, 0.2) is 10.4 Å². The zero-order valence-corrected chi connectivity index (χ0v) is 10.7. The van der Waals surface area contributed by atoms with Crippen LogP contribution in [-0.2, 0) is 0 Å². The molecular weight excluding hydrogens is 272 g/mol. The molecule has 0 saturated carbocycles. The molecule has 0 aromatic carbocycles. The van der Waals surface area contributed by atoms with Gasteiger partial charge in [-0.2, -0.15) is 0 Å². The van der Waals surface area contributed by atoms with Gasteiger partial charge in [0, 0.05) is 12.6 Å². The Morgan fingerprint density at radius 3 is 3.06 bits per heavy atom. The van der Waals surface area contributed by atoms with Crippen LogP contribution in [0.15, 0.2) is 21.2 Å². The van der Waals surface area contributed by atoms with Crippen LogP contribution < -0.4 is 10.6 Å². The monoisotopic (exact) mass is 286 g/mol. The summed E-state index contributed by atoms with van der Waals surface area (Å²) in [5.41, 5.74) is 0. The zero-order valence-electron chi connectivity index (χ0n) is 9.13. The summed E-state index contributed by atoms with van der Waals surface area (Å²) in [6.07, 6.45) is 1.09.